The van der Waals surface area contributed by atoms with Crippen molar-refractivity contribution in [2.45, 2.75) is 46.1 Å². The van der Waals surface area contributed by atoms with Crippen LogP contribution in [0.5, 0.6) is 0 Å². The molecule has 0 aromatic carbocycles. The summed E-state index contributed by atoms with van der Waals surface area (Å²) < 4.78 is 5.06. The molecule has 0 aromatic heterocycles. The number of ketones is 1. The van der Waals surface area contributed by atoms with Crippen LogP contribution in [0.25, 0.3) is 0 Å². The van der Waals surface area contributed by atoms with Gasteiger partial charge in [0.15, 0.2) is 5.78 Å². The van der Waals surface area contributed by atoms with Gasteiger partial charge in [-0.3, -0.25) is 14.5 Å². The van der Waals surface area contributed by atoms with Crippen molar-refractivity contribution in [3.8, 4) is 0 Å². The molecule has 0 radical (unpaired) electrons. The van der Waals surface area contributed by atoms with Gasteiger partial charge in [-0.2, -0.15) is 0 Å². The van der Waals surface area contributed by atoms with E-state index in [1.54, 1.807) is 0 Å². The summed E-state index contributed by atoms with van der Waals surface area (Å²) in [7, 11) is 0. The van der Waals surface area contributed by atoms with Crippen LogP contribution in [0.2, 0.25) is 0 Å². The lowest BCUT2D eigenvalue weighted by atomic mass is 9.97. The third kappa shape index (κ3) is 2.95. The number of hydrogen-bond donors (Lipinski definition) is 0. The number of hydrogen-bond acceptors (Lipinski definition) is 4. The van der Waals surface area contributed by atoms with Gasteiger partial charge in [0.2, 0.25) is 0 Å². The zero-order valence-corrected chi connectivity index (χ0v) is 12.7. The molecule has 1 fully saturated rings. The maximum Gasteiger partial charge on any atom is 0.323 e. The average molecular weight is 279 g/mol. The molecule has 2 aliphatic rings. The second kappa shape index (κ2) is 6.53. The van der Waals surface area contributed by atoms with Crippen LogP contribution >= 0.6 is 0 Å². The first-order valence-corrected chi connectivity index (χ1v) is 7.74. The van der Waals surface area contributed by atoms with Crippen LogP contribution in [-0.4, -0.2) is 42.4 Å². The molecule has 0 aromatic rings. The molecule has 0 saturated carbocycles. The number of carbonyl (C=O) groups excluding carboxylic acids is 2. The number of nitrogens with zero attached hydrogens (tertiary/aromatic N) is 1. The van der Waals surface area contributed by atoms with Crippen molar-refractivity contribution < 1.29 is 14.3 Å². The van der Waals surface area contributed by atoms with Crippen LogP contribution in [0.4, 0.5) is 0 Å². The minimum Gasteiger partial charge on any atom is -0.465 e. The molecule has 20 heavy (non-hydrogen) atoms. The van der Waals surface area contributed by atoms with Crippen molar-refractivity contribution in [1.82, 2.24) is 4.90 Å². The summed E-state index contributed by atoms with van der Waals surface area (Å²) in [4.78, 5) is 26.2. The SMILES string of the molecule is CCCCC1=C[C@H]2CN([C@H](C)C(=O)OCC)C[C@H]2C1=O. The van der Waals surface area contributed by atoms with Gasteiger partial charge < -0.3 is 4.74 Å². The van der Waals surface area contributed by atoms with Gasteiger partial charge in [-0.05, 0) is 32.3 Å². The molecule has 1 aliphatic heterocycles. The normalized spacial score (nSPS) is 27.4. The predicted molar refractivity (Wildman–Crippen MR) is 77.3 cm³/mol. The number of ether oxygens (including phenoxy) is 1. The summed E-state index contributed by atoms with van der Waals surface area (Å²) in [6, 6.07) is -0.249. The van der Waals surface area contributed by atoms with Crippen LogP contribution in [0.3, 0.4) is 0 Å². The van der Waals surface area contributed by atoms with E-state index in [4.69, 9.17) is 4.74 Å². The van der Waals surface area contributed by atoms with Gasteiger partial charge in [0.25, 0.3) is 0 Å². The molecule has 0 spiro atoms. The molecule has 2 rings (SSSR count). The predicted octanol–water partition coefficient (Wildman–Crippen LogP) is 2.19. The highest BCUT2D eigenvalue weighted by Gasteiger charge is 2.44. The zero-order valence-electron chi connectivity index (χ0n) is 12.7. The Balaban J connectivity index is 1.95. The van der Waals surface area contributed by atoms with Gasteiger partial charge in [0.05, 0.1) is 6.61 Å². The number of Topliss-reactive ketones (excluding diaryl/α,β-unsaturated/α-hetero) is 1. The molecular formula is C16H25NO3. The van der Waals surface area contributed by atoms with Gasteiger partial charge in [-0.15, -0.1) is 0 Å². The minimum atomic E-state index is -0.249. The lowest BCUT2D eigenvalue weighted by molar-refractivity contribution is -0.148. The summed E-state index contributed by atoms with van der Waals surface area (Å²) in [5.41, 5.74) is 1.02. The van der Waals surface area contributed by atoms with E-state index in [-0.39, 0.29) is 17.9 Å². The maximum absolute atomic E-state index is 12.3. The van der Waals surface area contributed by atoms with Crippen molar-refractivity contribution in [2.24, 2.45) is 11.8 Å². The molecule has 1 aliphatic carbocycles. The second-order valence-electron chi connectivity index (χ2n) is 5.81. The van der Waals surface area contributed by atoms with Gasteiger partial charge in [-0.1, -0.05) is 19.4 Å². The van der Waals surface area contributed by atoms with Crippen molar-refractivity contribution in [3.63, 3.8) is 0 Å². The zero-order chi connectivity index (χ0) is 14.7. The van der Waals surface area contributed by atoms with Crippen molar-refractivity contribution in [3.05, 3.63) is 11.6 Å². The van der Waals surface area contributed by atoms with Crippen LogP contribution in [0.15, 0.2) is 11.6 Å². The third-order valence-corrected chi connectivity index (χ3v) is 4.44. The lowest BCUT2D eigenvalue weighted by Gasteiger charge is -2.22. The Morgan fingerprint density at radius 3 is 2.80 bits per heavy atom. The molecular weight excluding hydrogens is 254 g/mol. The summed E-state index contributed by atoms with van der Waals surface area (Å²) in [5.74, 6) is 0.488. The van der Waals surface area contributed by atoms with Crippen LogP contribution < -0.4 is 0 Å². The Hall–Kier alpha value is -1.16. The van der Waals surface area contributed by atoms with E-state index in [0.717, 1.165) is 31.4 Å². The fraction of sp³-hybridized carbons (Fsp3) is 0.750. The Kier molecular flexibility index (Phi) is 4.97. The number of fused-ring (bicyclic) bond motifs is 1. The Labute approximate surface area is 121 Å². The smallest absolute Gasteiger partial charge is 0.323 e. The van der Waals surface area contributed by atoms with Crippen molar-refractivity contribution in [2.75, 3.05) is 19.7 Å². The first-order valence-electron chi connectivity index (χ1n) is 7.74. The lowest BCUT2D eigenvalue weighted by Crippen LogP contribution is -2.39. The number of carbonyl (C=O) groups is 2. The average Bonchev–Trinajstić information content (AvgIpc) is 2.96. The molecule has 4 nitrogen and oxygen atoms in total. The summed E-state index contributed by atoms with van der Waals surface area (Å²) in [6.07, 6.45) is 5.27. The largest absolute Gasteiger partial charge is 0.465 e. The Bertz CT molecular complexity index is 416. The molecule has 112 valence electrons. The molecule has 0 unspecified atom stereocenters. The number of likely N-dealkylation sites (tertiary alicyclic amines) is 1. The maximum atomic E-state index is 12.3. The third-order valence-electron chi connectivity index (χ3n) is 4.44. The fourth-order valence-electron chi connectivity index (χ4n) is 3.19. The van der Waals surface area contributed by atoms with Crippen LogP contribution in [0, 0.1) is 11.8 Å². The minimum absolute atomic E-state index is 0.0683. The fourth-order valence-corrected chi connectivity index (χ4v) is 3.19. The highest BCUT2D eigenvalue weighted by Crippen LogP contribution is 2.36. The summed E-state index contributed by atoms with van der Waals surface area (Å²) in [5, 5.41) is 0. The van der Waals surface area contributed by atoms with E-state index in [0.29, 0.717) is 24.9 Å². The van der Waals surface area contributed by atoms with E-state index >= 15 is 0 Å². The van der Waals surface area contributed by atoms with Gasteiger partial charge in [0.1, 0.15) is 6.04 Å². The van der Waals surface area contributed by atoms with Gasteiger partial charge >= 0.3 is 5.97 Å². The van der Waals surface area contributed by atoms with Crippen LogP contribution in [0.1, 0.15) is 40.0 Å². The van der Waals surface area contributed by atoms with E-state index in [9.17, 15) is 9.59 Å². The Morgan fingerprint density at radius 1 is 1.45 bits per heavy atom. The van der Waals surface area contributed by atoms with E-state index in [1.807, 2.05) is 13.8 Å². The number of allylic oxidation sites excluding steroid dienone is 1. The topological polar surface area (TPSA) is 46.6 Å². The van der Waals surface area contributed by atoms with E-state index < -0.39 is 0 Å². The molecule has 0 bridgehead atoms. The summed E-state index contributed by atoms with van der Waals surface area (Å²) >= 11 is 0. The van der Waals surface area contributed by atoms with E-state index in [2.05, 4.69) is 17.9 Å². The molecule has 3 atom stereocenters. The summed E-state index contributed by atoms with van der Waals surface area (Å²) in [6.45, 7) is 7.72. The first kappa shape index (κ1) is 15.2. The van der Waals surface area contributed by atoms with Crippen molar-refractivity contribution >= 4 is 11.8 Å². The van der Waals surface area contributed by atoms with Gasteiger partial charge in [0, 0.05) is 24.9 Å². The van der Waals surface area contributed by atoms with Gasteiger partial charge in [-0.25, -0.2) is 0 Å². The van der Waals surface area contributed by atoms with E-state index in [1.165, 1.54) is 0 Å². The first-order chi connectivity index (χ1) is 9.58. The second-order valence-corrected chi connectivity index (χ2v) is 5.81. The number of esters is 1. The number of unbranched alkanes of at least 4 members (excludes halogenated alkanes) is 1. The standard InChI is InChI=1S/C16H25NO3/c1-4-6-7-12-8-13-9-17(10-14(13)15(12)18)11(3)16(19)20-5-2/h8,11,13-14H,4-7,9-10H2,1-3H3/t11-,13+,14-/m1/s1. The monoisotopic (exact) mass is 279 g/mol. The molecule has 4 heteroatoms. The molecule has 0 amide bonds. The number of rotatable bonds is 6. The van der Waals surface area contributed by atoms with Crippen molar-refractivity contribution in [1.29, 1.82) is 0 Å². The van der Waals surface area contributed by atoms with Crippen LogP contribution in [-0.2, 0) is 14.3 Å². The highest BCUT2D eigenvalue weighted by molar-refractivity contribution is 6.00. The molecule has 1 saturated heterocycles. The highest BCUT2D eigenvalue weighted by atomic mass is 16.5. The molecule has 0 N–H and O–H groups in total. The molecule has 1 heterocycles. The Morgan fingerprint density at radius 2 is 2.20 bits per heavy atom. The quantitative estimate of drug-likeness (QED) is 0.699.